The van der Waals surface area contributed by atoms with Crippen LogP contribution in [-0.2, 0) is 18.4 Å². The molecule has 0 rings (SSSR count). The van der Waals surface area contributed by atoms with Gasteiger partial charge in [0.25, 0.3) is 7.82 Å². The Labute approximate surface area is 306 Å². The fraction of sp³-hybridized carbons (Fsp3) is 0.634. The van der Waals surface area contributed by atoms with Crippen molar-refractivity contribution >= 4 is 13.7 Å². The van der Waals surface area contributed by atoms with Gasteiger partial charge in [-0.05, 0) is 77.6 Å². The first-order valence-electron chi connectivity index (χ1n) is 18.9. The summed E-state index contributed by atoms with van der Waals surface area (Å²) in [5.74, 6) is -0.235. The summed E-state index contributed by atoms with van der Waals surface area (Å²) in [4.78, 5) is 25.1. The van der Waals surface area contributed by atoms with Gasteiger partial charge in [0.05, 0.1) is 39.9 Å². The maximum absolute atomic E-state index is 12.8. The van der Waals surface area contributed by atoms with Gasteiger partial charge < -0.3 is 28.8 Å². The molecular formula is C41H71N2O6P. The Hall–Kier alpha value is -2.32. The lowest BCUT2D eigenvalue weighted by Gasteiger charge is -2.29. The number of rotatable bonds is 32. The SMILES string of the molecule is C/C=C/CC/C=C/CC/C=C/C(O)C(COP(=O)([O-])OCC[N+](C)(C)C)NC(=O)CCCCCCCC/C=C\C/C=C\C/C=C\C/C=C\CC. The zero-order chi connectivity index (χ0) is 37.2. The zero-order valence-corrected chi connectivity index (χ0v) is 32.9. The summed E-state index contributed by atoms with van der Waals surface area (Å²) in [5.41, 5.74) is 0. The minimum Gasteiger partial charge on any atom is -0.756 e. The number of amides is 1. The predicted octanol–water partition coefficient (Wildman–Crippen LogP) is 9.21. The van der Waals surface area contributed by atoms with E-state index in [1.807, 2.05) is 40.2 Å². The fourth-order valence-electron chi connectivity index (χ4n) is 4.65. The van der Waals surface area contributed by atoms with Crippen molar-refractivity contribution in [3.63, 3.8) is 0 Å². The highest BCUT2D eigenvalue weighted by Crippen LogP contribution is 2.38. The molecule has 0 fully saturated rings. The number of aliphatic hydroxyl groups is 1. The van der Waals surface area contributed by atoms with Crippen molar-refractivity contribution in [1.82, 2.24) is 5.32 Å². The van der Waals surface area contributed by atoms with Crippen LogP contribution < -0.4 is 10.2 Å². The third kappa shape index (κ3) is 34.1. The van der Waals surface area contributed by atoms with E-state index in [1.54, 1.807) is 6.08 Å². The minimum absolute atomic E-state index is 0.0174. The number of phosphoric acid groups is 1. The van der Waals surface area contributed by atoms with E-state index in [0.29, 0.717) is 17.4 Å². The largest absolute Gasteiger partial charge is 0.756 e. The van der Waals surface area contributed by atoms with E-state index in [9.17, 15) is 19.4 Å². The first kappa shape index (κ1) is 47.7. The van der Waals surface area contributed by atoms with Crippen LogP contribution >= 0.6 is 7.82 Å². The van der Waals surface area contributed by atoms with Crippen LogP contribution in [0, 0.1) is 0 Å². The summed E-state index contributed by atoms with van der Waals surface area (Å²) in [6.45, 7) is 4.21. The summed E-state index contributed by atoms with van der Waals surface area (Å²) in [6.07, 6.45) is 43.7. The van der Waals surface area contributed by atoms with Crippen LogP contribution in [0.3, 0.4) is 0 Å². The van der Waals surface area contributed by atoms with Crippen LogP contribution in [0.25, 0.3) is 0 Å². The summed E-state index contributed by atoms with van der Waals surface area (Å²) in [6, 6.07) is -0.919. The molecule has 0 saturated heterocycles. The third-order valence-corrected chi connectivity index (χ3v) is 8.63. The molecule has 1 amide bonds. The van der Waals surface area contributed by atoms with Gasteiger partial charge in [0.2, 0.25) is 5.91 Å². The predicted molar refractivity (Wildman–Crippen MR) is 210 cm³/mol. The molecule has 9 heteroatoms. The fourth-order valence-corrected chi connectivity index (χ4v) is 5.37. The molecule has 0 aromatic carbocycles. The number of hydrogen-bond donors (Lipinski definition) is 2. The van der Waals surface area contributed by atoms with Crippen LogP contribution in [0.4, 0.5) is 0 Å². The number of aliphatic hydroxyl groups excluding tert-OH is 1. The number of unbranched alkanes of at least 4 members (excludes halogenated alkanes) is 8. The van der Waals surface area contributed by atoms with Gasteiger partial charge in [-0.2, -0.15) is 0 Å². The normalized spacial score (nSPS) is 15.6. The molecule has 0 radical (unpaired) electrons. The summed E-state index contributed by atoms with van der Waals surface area (Å²) in [7, 11) is 1.20. The molecule has 0 heterocycles. The maximum atomic E-state index is 12.8. The second-order valence-electron chi connectivity index (χ2n) is 13.5. The van der Waals surface area contributed by atoms with Gasteiger partial charge >= 0.3 is 0 Å². The van der Waals surface area contributed by atoms with Crippen LogP contribution in [0.1, 0.15) is 117 Å². The van der Waals surface area contributed by atoms with Gasteiger partial charge in [-0.1, -0.05) is 118 Å². The van der Waals surface area contributed by atoms with E-state index >= 15 is 0 Å². The van der Waals surface area contributed by atoms with Crippen LogP contribution in [0.2, 0.25) is 0 Å². The Balaban J connectivity index is 4.50. The summed E-state index contributed by atoms with van der Waals surface area (Å²) >= 11 is 0. The number of quaternary nitrogens is 1. The molecule has 286 valence electrons. The molecule has 0 bridgehead atoms. The highest BCUT2D eigenvalue weighted by Gasteiger charge is 2.23. The molecule has 8 nitrogen and oxygen atoms in total. The van der Waals surface area contributed by atoms with Gasteiger partial charge in [0.15, 0.2) is 0 Å². The lowest BCUT2D eigenvalue weighted by atomic mass is 10.1. The lowest BCUT2D eigenvalue weighted by Crippen LogP contribution is -2.45. The number of phosphoric ester groups is 1. The zero-order valence-electron chi connectivity index (χ0n) is 32.1. The van der Waals surface area contributed by atoms with Gasteiger partial charge in [-0.25, -0.2) is 0 Å². The van der Waals surface area contributed by atoms with Crippen molar-refractivity contribution in [3.05, 3.63) is 85.1 Å². The average Bonchev–Trinajstić information content (AvgIpc) is 3.06. The molecule has 50 heavy (non-hydrogen) atoms. The Bertz CT molecular complexity index is 1090. The highest BCUT2D eigenvalue weighted by atomic mass is 31.2. The lowest BCUT2D eigenvalue weighted by molar-refractivity contribution is -0.870. The highest BCUT2D eigenvalue weighted by molar-refractivity contribution is 7.45. The molecule has 0 saturated carbocycles. The summed E-state index contributed by atoms with van der Waals surface area (Å²) in [5, 5.41) is 13.6. The smallest absolute Gasteiger partial charge is 0.268 e. The van der Waals surface area contributed by atoms with E-state index < -0.39 is 26.6 Å². The van der Waals surface area contributed by atoms with Crippen LogP contribution in [0.15, 0.2) is 85.1 Å². The molecule has 0 aliphatic rings. The standard InChI is InChI=1S/C41H71N2O6P/c1-6-8-10-12-14-16-17-18-19-20-21-22-23-24-25-27-29-31-33-35-41(45)42-39(38-49-50(46,47)48-37-36-43(3,4)5)40(44)34-32-30-28-26-15-13-11-9-7-2/h7-10,14-16,18-19,21-22,26,32,34,39-40,44H,6,11-13,17,20,23-25,27-31,33,35-38H2,1-5H3,(H-,42,45,46,47)/b9-7+,10-8-,16-14-,19-18-,22-21-,26-15+,34-32+. The molecule has 0 aliphatic heterocycles. The second-order valence-corrected chi connectivity index (χ2v) is 14.9. The van der Waals surface area contributed by atoms with Crippen LogP contribution in [-0.4, -0.2) is 68.5 Å². The van der Waals surface area contributed by atoms with Gasteiger partial charge in [-0.3, -0.25) is 9.36 Å². The maximum Gasteiger partial charge on any atom is 0.268 e. The van der Waals surface area contributed by atoms with E-state index in [1.165, 1.54) is 6.42 Å². The molecule has 0 aromatic heterocycles. The first-order chi connectivity index (χ1) is 24.0. The number of carbonyl (C=O) groups excluding carboxylic acids is 1. The molecule has 0 aromatic rings. The number of hydrogen-bond acceptors (Lipinski definition) is 6. The Morgan fingerprint density at radius 3 is 1.86 bits per heavy atom. The Morgan fingerprint density at radius 2 is 1.26 bits per heavy atom. The quantitative estimate of drug-likeness (QED) is 0.0311. The van der Waals surface area contributed by atoms with E-state index in [2.05, 4.69) is 79.1 Å². The number of nitrogens with zero attached hydrogens (tertiary/aromatic N) is 1. The minimum atomic E-state index is -4.60. The van der Waals surface area contributed by atoms with Crippen molar-refractivity contribution in [2.45, 2.75) is 129 Å². The first-order valence-corrected chi connectivity index (χ1v) is 20.4. The number of allylic oxidation sites excluding steroid dienone is 13. The van der Waals surface area contributed by atoms with Crippen molar-refractivity contribution in [2.75, 3.05) is 40.9 Å². The van der Waals surface area contributed by atoms with E-state index in [4.69, 9.17) is 9.05 Å². The third-order valence-electron chi connectivity index (χ3n) is 7.66. The Morgan fingerprint density at radius 1 is 0.740 bits per heavy atom. The Kier molecular flexibility index (Phi) is 31.1. The van der Waals surface area contributed by atoms with Gasteiger partial charge in [0.1, 0.15) is 13.2 Å². The van der Waals surface area contributed by atoms with E-state index in [-0.39, 0.29) is 12.5 Å². The topological polar surface area (TPSA) is 108 Å². The number of nitrogens with one attached hydrogen (secondary N) is 1. The summed E-state index contributed by atoms with van der Waals surface area (Å²) < 4.78 is 23.0. The second kappa shape index (κ2) is 32.6. The average molecular weight is 719 g/mol. The van der Waals surface area contributed by atoms with Gasteiger partial charge in [0, 0.05) is 6.42 Å². The van der Waals surface area contributed by atoms with Crippen molar-refractivity contribution in [2.24, 2.45) is 0 Å². The molecule has 2 N–H and O–H groups in total. The number of likely N-dealkylation sites (N-methyl/N-ethyl adjacent to an activating group) is 1. The molecule has 0 spiro atoms. The molecule has 3 unspecified atom stereocenters. The molecule has 3 atom stereocenters. The number of carbonyl (C=O) groups is 1. The monoisotopic (exact) mass is 719 g/mol. The molecular weight excluding hydrogens is 647 g/mol. The van der Waals surface area contributed by atoms with Gasteiger partial charge in [-0.15, -0.1) is 0 Å². The van der Waals surface area contributed by atoms with E-state index in [0.717, 1.165) is 89.9 Å². The van der Waals surface area contributed by atoms with Crippen LogP contribution in [0.5, 0.6) is 0 Å². The van der Waals surface area contributed by atoms with Crippen molar-refractivity contribution in [1.29, 1.82) is 0 Å². The van der Waals surface area contributed by atoms with Crippen molar-refractivity contribution < 1.29 is 32.9 Å². The van der Waals surface area contributed by atoms with Crippen molar-refractivity contribution in [3.8, 4) is 0 Å². The molecule has 0 aliphatic carbocycles.